The molecule has 0 saturated carbocycles. The maximum absolute atomic E-state index is 5.76. The van der Waals surface area contributed by atoms with Crippen molar-refractivity contribution in [3.8, 4) is 11.5 Å². The zero-order chi connectivity index (χ0) is 12.8. The molecule has 0 spiro atoms. The van der Waals surface area contributed by atoms with Gasteiger partial charge in [-0.2, -0.15) is 0 Å². The predicted molar refractivity (Wildman–Crippen MR) is 73.9 cm³/mol. The molecule has 0 saturated heterocycles. The van der Waals surface area contributed by atoms with E-state index in [1.54, 1.807) is 7.11 Å². The summed E-state index contributed by atoms with van der Waals surface area (Å²) in [5.74, 6) is 1.41. The highest BCUT2D eigenvalue weighted by molar-refractivity contribution is 7.80. The van der Waals surface area contributed by atoms with E-state index in [1.807, 2.05) is 25.1 Å². The fourth-order valence-corrected chi connectivity index (χ4v) is 1.74. The van der Waals surface area contributed by atoms with Gasteiger partial charge in [-0.3, -0.25) is 0 Å². The van der Waals surface area contributed by atoms with Gasteiger partial charge in [-0.15, -0.1) is 0 Å². The highest BCUT2D eigenvalue weighted by Crippen LogP contribution is 2.29. The lowest BCUT2D eigenvalue weighted by Crippen LogP contribution is -2.31. The monoisotopic (exact) mass is 253 g/mol. The van der Waals surface area contributed by atoms with Crippen molar-refractivity contribution in [2.24, 2.45) is 5.73 Å². The molecule has 0 aliphatic carbocycles. The summed E-state index contributed by atoms with van der Waals surface area (Å²) in [6.07, 6.45) is 1.46. The lowest BCUT2D eigenvalue weighted by molar-refractivity contribution is 0.249. The van der Waals surface area contributed by atoms with Crippen LogP contribution in [0.3, 0.4) is 0 Å². The Morgan fingerprint density at radius 3 is 2.53 bits per heavy atom. The zero-order valence-electron chi connectivity index (χ0n) is 10.5. The minimum atomic E-state index is -0.244. The second kappa shape index (κ2) is 6.45. The van der Waals surface area contributed by atoms with Gasteiger partial charge >= 0.3 is 0 Å². The first-order valence-corrected chi connectivity index (χ1v) is 6.16. The number of ether oxygens (including phenoxy) is 2. The number of benzene rings is 1. The van der Waals surface area contributed by atoms with Crippen molar-refractivity contribution in [1.29, 1.82) is 0 Å². The molecule has 0 heterocycles. The summed E-state index contributed by atoms with van der Waals surface area (Å²) < 4.78 is 11.1. The maximum Gasteiger partial charge on any atom is 0.162 e. The van der Waals surface area contributed by atoms with Crippen molar-refractivity contribution >= 4 is 17.2 Å². The number of thiocarbonyl (C=S) groups is 1. The molecule has 0 aliphatic rings. The van der Waals surface area contributed by atoms with E-state index in [9.17, 15) is 0 Å². The first-order chi connectivity index (χ1) is 8.12. The molecule has 0 aromatic heterocycles. The molecule has 17 heavy (non-hydrogen) atoms. The molecule has 1 unspecified atom stereocenters. The van der Waals surface area contributed by atoms with Crippen molar-refractivity contribution in [3.63, 3.8) is 0 Å². The van der Waals surface area contributed by atoms with Crippen molar-refractivity contribution in [1.82, 2.24) is 0 Å². The third-order valence-electron chi connectivity index (χ3n) is 2.59. The van der Waals surface area contributed by atoms with Crippen LogP contribution in [0.5, 0.6) is 11.5 Å². The number of hydrogen-bond acceptors (Lipinski definition) is 3. The maximum atomic E-state index is 5.76. The number of hydrogen-bond donors (Lipinski definition) is 1. The normalized spacial score (nSPS) is 11.9. The Morgan fingerprint density at radius 1 is 1.35 bits per heavy atom. The van der Waals surface area contributed by atoms with E-state index in [-0.39, 0.29) is 6.10 Å². The average Bonchev–Trinajstić information content (AvgIpc) is 2.35. The summed E-state index contributed by atoms with van der Waals surface area (Å²) in [6.45, 7) is 4.08. The van der Waals surface area contributed by atoms with Gasteiger partial charge in [0.05, 0.1) is 7.11 Å². The fourth-order valence-electron chi connectivity index (χ4n) is 1.53. The van der Waals surface area contributed by atoms with Crippen LogP contribution in [-0.2, 0) is 6.42 Å². The summed E-state index contributed by atoms with van der Waals surface area (Å²) in [6, 6.07) is 5.89. The van der Waals surface area contributed by atoms with Crippen LogP contribution in [0.15, 0.2) is 18.2 Å². The quantitative estimate of drug-likeness (QED) is 0.792. The molecule has 3 nitrogen and oxygen atoms in total. The molecular formula is C13H19NO2S. The van der Waals surface area contributed by atoms with Crippen LogP contribution in [0.4, 0.5) is 0 Å². The summed E-state index contributed by atoms with van der Waals surface area (Å²) in [5, 5.41) is 0. The van der Waals surface area contributed by atoms with Gasteiger partial charge in [-0.25, -0.2) is 0 Å². The summed E-state index contributed by atoms with van der Waals surface area (Å²) in [5.41, 5.74) is 6.81. The molecule has 0 fully saturated rings. The molecule has 1 aromatic rings. The minimum Gasteiger partial charge on any atom is -0.493 e. The van der Waals surface area contributed by atoms with Gasteiger partial charge in [-0.05, 0) is 30.5 Å². The van der Waals surface area contributed by atoms with Crippen LogP contribution >= 0.6 is 12.2 Å². The van der Waals surface area contributed by atoms with Gasteiger partial charge in [0, 0.05) is 0 Å². The Morgan fingerprint density at radius 2 is 2.06 bits per heavy atom. The van der Waals surface area contributed by atoms with E-state index in [1.165, 1.54) is 5.56 Å². The molecule has 0 amide bonds. The number of nitrogens with two attached hydrogens (primary N) is 1. The topological polar surface area (TPSA) is 44.5 Å². The van der Waals surface area contributed by atoms with E-state index in [0.29, 0.717) is 10.7 Å². The van der Waals surface area contributed by atoms with Crippen molar-refractivity contribution in [2.45, 2.75) is 32.8 Å². The Balaban J connectivity index is 2.93. The van der Waals surface area contributed by atoms with Crippen LogP contribution in [0.2, 0.25) is 0 Å². The minimum absolute atomic E-state index is 0.244. The van der Waals surface area contributed by atoms with Gasteiger partial charge in [0.2, 0.25) is 0 Å². The molecule has 0 bridgehead atoms. The van der Waals surface area contributed by atoms with Crippen LogP contribution in [0.25, 0.3) is 0 Å². The van der Waals surface area contributed by atoms with Crippen LogP contribution in [0, 0.1) is 0 Å². The summed E-state index contributed by atoms with van der Waals surface area (Å²) in [7, 11) is 1.63. The van der Waals surface area contributed by atoms with E-state index < -0.39 is 0 Å². The Bertz CT molecular complexity index is 393. The molecule has 2 N–H and O–H groups in total. The second-order valence-electron chi connectivity index (χ2n) is 3.76. The van der Waals surface area contributed by atoms with Crippen molar-refractivity contribution in [3.05, 3.63) is 23.8 Å². The Labute approximate surface area is 108 Å². The van der Waals surface area contributed by atoms with E-state index in [4.69, 9.17) is 27.4 Å². The van der Waals surface area contributed by atoms with Gasteiger partial charge in [0.1, 0.15) is 11.1 Å². The first-order valence-electron chi connectivity index (χ1n) is 5.75. The van der Waals surface area contributed by atoms with Gasteiger partial charge in [0.15, 0.2) is 11.5 Å². The van der Waals surface area contributed by atoms with Crippen LogP contribution < -0.4 is 15.2 Å². The first kappa shape index (κ1) is 13.8. The third-order valence-corrected chi connectivity index (χ3v) is 2.86. The summed E-state index contributed by atoms with van der Waals surface area (Å²) >= 11 is 4.96. The number of rotatable bonds is 6. The van der Waals surface area contributed by atoms with Crippen molar-refractivity contribution in [2.75, 3.05) is 7.11 Å². The van der Waals surface area contributed by atoms with Gasteiger partial charge in [0.25, 0.3) is 0 Å². The molecule has 1 rings (SSSR count). The second-order valence-corrected chi connectivity index (χ2v) is 4.23. The zero-order valence-corrected chi connectivity index (χ0v) is 11.3. The average molecular weight is 253 g/mol. The molecule has 4 heteroatoms. The van der Waals surface area contributed by atoms with Gasteiger partial charge < -0.3 is 15.2 Å². The predicted octanol–water partition coefficient (Wildman–Crippen LogP) is 2.70. The lowest BCUT2D eigenvalue weighted by atomic mass is 10.1. The van der Waals surface area contributed by atoms with E-state index in [0.717, 1.165) is 18.6 Å². The molecule has 1 atom stereocenters. The number of methoxy groups -OCH3 is 1. The van der Waals surface area contributed by atoms with Crippen LogP contribution in [0.1, 0.15) is 25.8 Å². The molecular weight excluding hydrogens is 234 g/mol. The largest absolute Gasteiger partial charge is 0.493 e. The molecule has 1 aromatic carbocycles. The van der Waals surface area contributed by atoms with E-state index >= 15 is 0 Å². The fraction of sp³-hybridized carbons (Fsp3) is 0.462. The van der Waals surface area contributed by atoms with Crippen molar-refractivity contribution < 1.29 is 9.47 Å². The van der Waals surface area contributed by atoms with Crippen LogP contribution in [-0.4, -0.2) is 18.2 Å². The highest BCUT2D eigenvalue weighted by atomic mass is 32.1. The highest BCUT2D eigenvalue weighted by Gasteiger charge is 2.14. The standard InChI is InChI=1S/C13H19NO2S/c1-4-9-6-7-11(12(8-9)15-3)16-10(5-2)13(14)17/h6-8,10H,4-5H2,1-3H3,(H2,14,17). The Hall–Kier alpha value is -1.29. The third kappa shape index (κ3) is 3.60. The molecule has 0 radical (unpaired) electrons. The smallest absolute Gasteiger partial charge is 0.162 e. The number of aryl methyl sites for hydroxylation is 1. The molecule has 0 aliphatic heterocycles. The van der Waals surface area contributed by atoms with E-state index in [2.05, 4.69) is 6.92 Å². The lowest BCUT2D eigenvalue weighted by Gasteiger charge is -2.18. The Kier molecular flexibility index (Phi) is 5.22. The van der Waals surface area contributed by atoms with Gasteiger partial charge in [-0.1, -0.05) is 32.1 Å². The molecule has 94 valence electrons. The summed E-state index contributed by atoms with van der Waals surface area (Å²) in [4.78, 5) is 0.370. The SMILES string of the molecule is CCc1ccc(OC(CC)C(N)=S)c(OC)c1.